The molecule has 1 aromatic rings. The number of anilines is 1. The van der Waals surface area contributed by atoms with Crippen LogP contribution in [0.3, 0.4) is 0 Å². The number of carbonyl (C=O) groups excluding carboxylic acids is 1. The van der Waals surface area contributed by atoms with E-state index in [1.54, 1.807) is 18.3 Å². The van der Waals surface area contributed by atoms with Crippen molar-refractivity contribution in [3.63, 3.8) is 0 Å². The van der Waals surface area contributed by atoms with Gasteiger partial charge in [0.05, 0.1) is 5.56 Å². The molecular formula is C15H26N4O. The van der Waals surface area contributed by atoms with Gasteiger partial charge in [-0.3, -0.25) is 4.79 Å². The molecule has 0 aliphatic heterocycles. The molecule has 0 fully saturated rings. The number of hydrogen-bond acceptors (Lipinski definition) is 4. The molecule has 0 aromatic carbocycles. The van der Waals surface area contributed by atoms with E-state index in [0.717, 1.165) is 26.2 Å². The van der Waals surface area contributed by atoms with Crippen LogP contribution in [0.15, 0.2) is 18.3 Å². The number of amides is 1. The van der Waals surface area contributed by atoms with E-state index in [2.05, 4.69) is 34.4 Å². The van der Waals surface area contributed by atoms with Crippen molar-refractivity contribution in [2.75, 3.05) is 31.5 Å². The zero-order chi connectivity index (χ0) is 15.0. The summed E-state index contributed by atoms with van der Waals surface area (Å²) in [6, 6.07) is 3.69. The zero-order valence-corrected chi connectivity index (χ0v) is 12.9. The van der Waals surface area contributed by atoms with Crippen LogP contribution in [-0.2, 0) is 0 Å². The smallest absolute Gasteiger partial charge is 0.255 e. The number of rotatable bonds is 8. The molecule has 0 spiro atoms. The highest BCUT2D eigenvalue weighted by atomic mass is 16.1. The second-order valence-electron chi connectivity index (χ2n) is 4.79. The minimum absolute atomic E-state index is 0.0753. The third-order valence-electron chi connectivity index (χ3n) is 3.20. The molecule has 0 aliphatic carbocycles. The summed E-state index contributed by atoms with van der Waals surface area (Å²) in [4.78, 5) is 18.8. The maximum absolute atomic E-state index is 12.3. The molecule has 0 bridgehead atoms. The summed E-state index contributed by atoms with van der Waals surface area (Å²) >= 11 is 0. The highest BCUT2D eigenvalue weighted by molar-refractivity contribution is 5.98. The molecule has 0 radical (unpaired) electrons. The lowest BCUT2D eigenvalue weighted by Crippen LogP contribution is -2.42. The average molecular weight is 278 g/mol. The Balaban J connectivity index is 2.66. The molecule has 112 valence electrons. The summed E-state index contributed by atoms with van der Waals surface area (Å²) in [6.45, 7) is 11.9. The average Bonchev–Trinajstić information content (AvgIpc) is 2.45. The number of carbonyl (C=O) groups is 1. The van der Waals surface area contributed by atoms with Gasteiger partial charge in [-0.2, -0.15) is 0 Å². The predicted molar refractivity (Wildman–Crippen MR) is 83.1 cm³/mol. The van der Waals surface area contributed by atoms with Crippen LogP contribution < -0.4 is 10.6 Å². The minimum atomic E-state index is -0.0753. The van der Waals surface area contributed by atoms with E-state index < -0.39 is 0 Å². The summed E-state index contributed by atoms with van der Waals surface area (Å²) in [5.41, 5.74) is 0.598. The van der Waals surface area contributed by atoms with Gasteiger partial charge in [0.15, 0.2) is 0 Å². The Kier molecular flexibility index (Phi) is 7.01. The van der Waals surface area contributed by atoms with Gasteiger partial charge in [0, 0.05) is 25.3 Å². The SMILES string of the molecule is CCNc1ncccc1C(=O)NC(C)CN(CC)CC. The molecule has 0 saturated heterocycles. The van der Waals surface area contributed by atoms with Crippen LogP contribution >= 0.6 is 0 Å². The van der Waals surface area contributed by atoms with E-state index >= 15 is 0 Å². The van der Waals surface area contributed by atoms with Crippen LogP contribution in [0, 0.1) is 0 Å². The number of nitrogens with zero attached hydrogens (tertiary/aromatic N) is 2. The van der Waals surface area contributed by atoms with Crippen LogP contribution in [0.25, 0.3) is 0 Å². The third-order valence-corrected chi connectivity index (χ3v) is 3.20. The molecule has 1 heterocycles. The van der Waals surface area contributed by atoms with Crippen LogP contribution in [0.4, 0.5) is 5.82 Å². The van der Waals surface area contributed by atoms with E-state index in [-0.39, 0.29) is 11.9 Å². The Morgan fingerprint density at radius 2 is 2.05 bits per heavy atom. The number of hydrogen-bond donors (Lipinski definition) is 2. The Hall–Kier alpha value is -1.62. The first-order valence-electron chi connectivity index (χ1n) is 7.34. The van der Waals surface area contributed by atoms with E-state index in [1.807, 2.05) is 13.8 Å². The molecule has 5 heteroatoms. The number of likely N-dealkylation sites (N-methyl/N-ethyl adjacent to an activating group) is 1. The van der Waals surface area contributed by atoms with E-state index in [9.17, 15) is 4.79 Å². The molecule has 1 aromatic heterocycles. The van der Waals surface area contributed by atoms with Gasteiger partial charge in [0.2, 0.25) is 0 Å². The van der Waals surface area contributed by atoms with E-state index in [4.69, 9.17) is 0 Å². The topological polar surface area (TPSA) is 57.3 Å². The fourth-order valence-electron chi connectivity index (χ4n) is 2.11. The Labute approximate surface area is 121 Å². The van der Waals surface area contributed by atoms with Crippen molar-refractivity contribution >= 4 is 11.7 Å². The Morgan fingerprint density at radius 3 is 2.65 bits per heavy atom. The first kappa shape index (κ1) is 16.4. The van der Waals surface area contributed by atoms with Gasteiger partial charge < -0.3 is 15.5 Å². The molecule has 20 heavy (non-hydrogen) atoms. The highest BCUT2D eigenvalue weighted by Crippen LogP contribution is 2.11. The molecule has 1 atom stereocenters. The van der Waals surface area contributed by atoms with Crippen LogP contribution in [-0.4, -0.2) is 48.0 Å². The van der Waals surface area contributed by atoms with Gasteiger partial charge in [0.25, 0.3) is 5.91 Å². The zero-order valence-electron chi connectivity index (χ0n) is 12.9. The van der Waals surface area contributed by atoms with Gasteiger partial charge in [0.1, 0.15) is 5.82 Å². The Bertz CT molecular complexity index is 418. The van der Waals surface area contributed by atoms with Crippen molar-refractivity contribution in [1.82, 2.24) is 15.2 Å². The van der Waals surface area contributed by atoms with Gasteiger partial charge in [-0.05, 0) is 39.1 Å². The van der Waals surface area contributed by atoms with Crippen molar-refractivity contribution in [1.29, 1.82) is 0 Å². The highest BCUT2D eigenvalue weighted by Gasteiger charge is 2.15. The normalized spacial score (nSPS) is 12.2. The summed E-state index contributed by atoms with van der Waals surface area (Å²) in [6.07, 6.45) is 1.69. The molecule has 1 rings (SSSR count). The first-order chi connectivity index (χ1) is 9.62. The van der Waals surface area contributed by atoms with Gasteiger partial charge >= 0.3 is 0 Å². The molecule has 5 nitrogen and oxygen atoms in total. The van der Waals surface area contributed by atoms with Crippen molar-refractivity contribution in [3.05, 3.63) is 23.9 Å². The fourth-order valence-corrected chi connectivity index (χ4v) is 2.11. The maximum Gasteiger partial charge on any atom is 0.255 e. The third kappa shape index (κ3) is 4.81. The summed E-state index contributed by atoms with van der Waals surface area (Å²) < 4.78 is 0. The lowest BCUT2D eigenvalue weighted by atomic mass is 10.2. The largest absolute Gasteiger partial charge is 0.370 e. The molecule has 1 unspecified atom stereocenters. The Morgan fingerprint density at radius 1 is 1.35 bits per heavy atom. The molecule has 0 aliphatic rings. The van der Waals surface area contributed by atoms with Crippen molar-refractivity contribution in [2.45, 2.75) is 33.7 Å². The number of aromatic nitrogens is 1. The second-order valence-corrected chi connectivity index (χ2v) is 4.79. The monoisotopic (exact) mass is 278 g/mol. The quantitative estimate of drug-likeness (QED) is 0.763. The van der Waals surface area contributed by atoms with Gasteiger partial charge in [-0.1, -0.05) is 13.8 Å². The lowest BCUT2D eigenvalue weighted by Gasteiger charge is -2.23. The van der Waals surface area contributed by atoms with Gasteiger partial charge in [-0.15, -0.1) is 0 Å². The molecular weight excluding hydrogens is 252 g/mol. The van der Waals surface area contributed by atoms with Crippen molar-refractivity contribution < 1.29 is 4.79 Å². The predicted octanol–water partition coefficient (Wildman–Crippen LogP) is 1.97. The van der Waals surface area contributed by atoms with Crippen LogP contribution in [0.5, 0.6) is 0 Å². The van der Waals surface area contributed by atoms with E-state index in [0.29, 0.717) is 11.4 Å². The van der Waals surface area contributed by atoms with Crippen LogP contribution in [0.2, 0.25) is 0 Å². The summed E-state index contributed by atoms with van der Waals surface area (Å²) in [7, 11) is 0. The molecule has 0 saturated carbocycles. The van der Waals surface area contributed by atoms with Crippen molar-refractivity contribution in [2.24, 2.45) is 0 Å². The van der Waals surface area contributed by atoms with Crippen molar-refractivity contribution in [3.8, 4) is 0 Å². The first-order valence-corrected chi connectivity index (χ1v) is 7.34. The second kappa shape index (κ2) is 8.53. The number of pyridine rings is 1. The lowest BCUT2D eigenvalue weighted by molar-refractivity contribution is 0.0931. The minimum Gasteiger partial charge on any atom is -0.370 e. The summed E-state index contributed by atoms with van der Waals surface area (Å²) in [5, 5.41) is 6.14. The van der Waals surface area contributed by atoms with E-state index in [1.165, 1.54) is 0 Å². The standard InChI is InChI=1S/C15H26N4O/c1-5-16-14-13(9-8-10-17-14)15(20)18-12(4)11-19(6-2)7-3/h8-10,12H,5-7,11H2,1-4H3,(H,16,17)(H,18,20). The summed E-state index contributed by atoms with van der Waals surface area (Å²) in [5.74, 6) is 0.566. The maximum atomic E-state index is 12.3. The van der Waals surface area contributed by atoms with Crippen LogP contribution in [0.1, 0.15) is 38.1 Å². The van der Waals surface area contributed by atoms with Gasteiger partial charge in [-0.25, -0.2) is 4.98 Å². The molecule has 2 N–H and O–H groups in total. The fraction of sp³-hybridized carbons (Fsp3) is 0.600. The number of nitrogens with one attached hydrogen (secondary N) is 2. The molecule has 1 amide bonds.